The number of nitrogens with zero attached hydrogens (tertiary/aromatic N) is 2. The summed E-state index contributed by atoms with van der Waals surface area (Å²) >= 11 is 0. The van der Waals surface area contributed by atoms with Crippen molar-refractivity contribution < 1.29 is 27.5 Å². The molecule has 0 radical (unpaired) electrons. The Labute approximate surface area is 164 Å². The molecule has 0 spiro atoms. The van der Waals surface area contributed by atoms with Gasteiger partial charge in [-0.3, -0.25) is 4.98 Å². The Kier molecular flexibility index (Phi) is 6.20. The Hall–Kier alpha value is -2.78. The van der Waals surface area contributed by atoms with Crippen LogP contribution in [0.25, 0.3) is 0 Å². The quantitative estimate of drug-likeness (QED) is 0.675. The zero-order valence-corrected chi connectivity index (χ0v) is 17.1. The molecular weight excluding hydrogens is 384 g/mol. The second kappa shape index (κ2) is 8.07. The number of hydrogen-bond acceptors (Lipinski definition) is 7. The molecule has 1 aromatic heterocycles. The van der Waals surface area contributed by atoms with E-state index in [-0.39, 0.29) is 16.2 Å². The predicted octanol–water partition coefficient (Wildman–Crippen LogP) is 1.89. The largest absolute Gasteiger partial charge is 0.467 e. The highest BCUT2D eigenvalue weighted by atomic mass is 32.2. The van der Waals surface area contributed by atoms with Crippen LogP contribution in [0.15, 0.2) is 47.5 Å². The molecule has 0 aliphatic carbocycles. The second-order valence-corrected chi connectivity index (χ2v) is 8.16. The van der Waals surface area contributed by atoms with Crippen molar-refractivity contribution in [2.45, 2.75) is 24.3 Å². The number of benzene rings is 1. The summed E-state index contributed by atoms with van der Waals surface area (Å²) in [5.74, 6) is -1.46. The molecule has 0 bridgehead atoms. The fourth-order valence-corrected chi connectivity index (χ4v) is 4.45. The average molecular weight is 406 g/mol. The van der Waals surface area contributed by atoms with E-state index in [1.165, 1.54) is 52.6 Å². The molecule has 0 amide bonds. The topological polar surface area (TPSA) is 103 Å². The highest BCUT2D eigenvalue weighted by molar-refractivity contribution is 7.89. The maximum Gasteiger partial charge on any atom is 0.337 e. The van der Waals surface area contributed by atoms with Gasteiger partial charge in [-0.2, -0.15) is 4.31 Å². The van der Waals surface area contributed by atoms with Crippen LogP contribution in [0, 0.1) is 6.92 Å². The summed E-state index contributed by atoms with van der Waals surface area (Å²) in [5.41, 5.74) is -1.03. The molecule has 9 heteroatoms. The number of pyridine rings is 1. The molecule has 0 N–H and O–H groups in total. The number of esters is 2. The summed E-state index contributed by atoms with van der Waals surface area (Å²) in [6.45, 7) is 3.01. The monoisotopic (exact) mass is 406 g/mol. The molecule has 0 unspecified atom stereocenters. The van der Waals surface area contributed by atoms with Crippen LogP contribution in [0.1, 0.15) is 28.5 Å². The van der Waals surface area contributed by atoms with Gasteiger partial charge in [0.15, 0.2) is 5.54 Å². The van der Waals surface area contributed by atoms with E-state index >= 15 is 0 Å². The summed E-state index contributed by atoms with van der Waals surface area (Å²) in [6, 6.07) is 9.04. The molecule has 0 saturated heterocycles. The normalized spacial score (nSPS) is 13.6. The molecule has 2 rings (SSSR count). The number of rotatable bonds is 6. The Morgan fingerprint density at radius 1 is 1.11 bits per heavy atom. The van der Waals surface area contributed by atoms with E-state index in [9.17, 15) is 18.0 Å². The van der Waals surface area contributed by atoms with Gasteiger partial charge in [0.2, 0.25) is 10.0 Å². The molecule has 28 heavy (non-hydrogen) atoms. The zero-order valence-electron chi connectivity index (χ0n) is 16.3. The number of hydrogen-bond donors (Lipinski definition) is 0. The van der Waals surface area contributed by atoms with E-state index in [1.54, 1.807) is 25.1 Å². The minimum Gasteiger partial charge on any atom is -0.467 e. The first-order valence-electron chi connectivity index (χ1n) is 8.28. The lowest BCUT2D eigenvalue weighted by atomic mass is 9.97. The van der Waals surface area contributed by atoms with Gasteiger partial charge in [0.05, 0.1) is 30.4 Å². The van der Waals surface area contributed by atoms with Crippen LogP contribution in [0.4, 0.5) is 0 Å². The van der Waals surface area contributed by atoms with Crippen molar-refractivity contribution in [1.29, 1.82) is 0 Å². The van der Waals surface area contributed by atoms with E-state index < -0.39 is 27.5 Å². The van der Waals surface area contributed by atoms with Gasteiger partial charge in [-0.15, -0.1) is 0 Å². The number of aromatic nitrogens is 1. The van der Waals surface area contributed by atoms with Crippen molar-refractivity contribution in [1.82, 2.24) is 9.29 Å². The van der Waals surface area contributed by atoms with Crippen molar-refractivity contribution in [3.05, 3.63) is 59.4 Å². The molecule has 0 aliphatic rings. The van der Waals surface area contributed by atoms with E-state index in [1.807, 2.05) is 0 Å². The van der Waals surface area contributed by atoms with E-state index in [2.05, 4.69) is 9.72 Å². The SMILES string of the molecule is COC(=O)c1ccc(C)c(S(=O)(=O)N(C)[C@](C)(C(=O)OC)c2ccccn2)c1. The molecule has 150 valence electrons. The third-order valence-electron chi connectivity index (χ3n) is 4.62. The van der Waals surface area contributed by atoms with E-state index in [4.69, 9.17) is 4.74 Å². The van der Waals surface area contributed by atoms with E-state index in [0.29, 0.717) is 5.56 Å². The molecular formula is C19H22N2O6S. The average Bonchev–Trinajstić information content (AvgIpc) is 2.72. The van der Waals surface area contributed by atoms with Gasteiger partial charge < -0.3 is 9.47 Å². The van der Waals surface area contributed by atoms with Crippen molar-refractivity contribution in [3.8, 4) is 0 Å². The molecule has 8 nitrogen and oxygen atoms in total. The number of sulfonamides is 1. The smallest absolute Gasteiger partial charge is 0.337 e. The van der Waals surface area contributed by atoms with Crippen molar-refractivity contribution in [3.63, 3.8) is 0 Å². The maximum atomic E-state index is 13.4. The van der Waals surface area contributed by atoms with Gasteiger partial charge in [-0.25, -0.2) is 18.0 Å². The highest BCUT2D eigenvalue weighted by Gasteiger charge is 2.48. The Morgan fingerprint density at radius 2 is 1.79 bits per heavy atom. The van der Waals surface area contributed by atoms with Gasteiger partial charge in [-0.1, -0.05) is 12.1 Å². The Morgan fingerprint density at radius 3 is 2.32 bits per heavy atom. The lowest BCUT2D eigenvalue weighted by Gasteiger charge is -2.35. The molecule has 2 aromatic rings. The zero-order chi connectivity index (χ0) is 21.1. The minimum absolute atomic E-state index is 0.0812. The number of methoxy groups -OCH3 is 2. The Balaban J connectivity index is 2.66. The van der Waals surface area contributed by atoms with Gasteiger partial charge in [0, 0.05) is 13.2 Å². The number of aryl methyl sites for hydroxylation is 1. The molecule has 1 atom stereocenters. The molecule has 1 aromatic carbocycles. The third kappa shape index (κ3) is 3.63. The van der Waals surface area contributed by atoms with Crippen LogP contribution in [-0.4, -0.2) is 50.9 Å². The van der Waals surface area contributed by atoms with Crippen molar-refractivity contribution >= 4 is 22.0 Å². The first-order valence-corrected chi connectivity index (χ1v) is 9.72. The second-order valence-electron chi connectivity index (χ2n) is 6.22. The van der Waals surface area contributed by atoms with Crippen molar-refractivity contribution in [2.24, 2.45) is 0 Å². The number of likely N-dealkylation sites (N-methyl/N-ethyl adjacent to an activating group) is 1. The summed E-state index contributed by atoms with van der Waals surface area (Å²) < 4.78 is 37.2. The first kappa shape index (κ1) is 21.5. The lowest BCUT2D eigenvalue weighted by Crippen LogP contribution is -2.51. The van der Waals surface area contributed by atoms with Crippen molar-refractivity contribution in [2.75, 3.05) is 21.3 Å². The van der Waals surface area contributed by atoms with E-state index in [0.717, 1.165) is 4.31 Å². The number of carbonyl (C=O) groups excluding carboxylic acids is 2. The number of carbonyl (C=O) groups is 2. The molecule has 0 saturated carbocycles. The van der Waals surface area contributed by atoms with Gasteiger partial charge in [-0.05, 0) is 43.7 Å². The molecule has 1 heterocycles. The standard InChI is InChI=1S/C19H22N2O6S/c1-13-9-10-14(17(22)26-4)12-15(13)28(24,25)21(3)19(2,18(23)27-5)16-8-6-7-11-20-16/h6-12H,1-5H3/t19-/m0/s1. The van der Waals surface area contributed by atoms with Gasteiger partial charge >= 0.3 is 11.9 Å². The summed E-state index contributed by atoms with van der Waals surface area (Å²) in [4.78, 5) is 28.5. The summed E-state index contributed by atoms with van der Waals surface area (Å²) in [5, 5.41) is 0. The minimum atomic E-state index is -4.21. The summed E-state index contributed by atoms with van der Waals surface area (Å²) in [7, 11) is -0.561. The fraction of sp³-hybridized carbons (Fsp3) is 0.316. The number of ether oxygens (including phenoxy) is 2. The highest BCUT2D eigenvalue weighted by Crippen LogP contribution is 2.33. The molecule has 0 fully saturated rings. The van der Waals surface area contributed by atoms with Crippen LogP contribution in [0.3, 0.4) is 0 Å². The van der Waals surface area contributed by atoms with Crippen LogP contribution < -0.4 is 0 Å². The predicted molar refractivity (Wildman–Crippen MR) is 101 cm³/mol. The van der Waals surface area contributed by atoms with Gasteiger partial charge in [0.25, 0.3) is 0 Å². The van der Waals surface area contributed by atoms with Crippen LogP contribution in [-0.2, 0) is 29.8 Å². The fourth-order valence-electron chi connectivity index (χ4n) is 2.75. The maximum absolute atomic E-state index is 13.4. The first-order chi connectivity index (χ1) is 13.1. The van der Waals surface area contributed by atoms with Gasteiger partial charge in [0.1, 0.15) is 0 Å². The summed E-state index contributed by atoms with van der Waals surface area (Å²) in [6.07, 6.45) is 1.46. The van der Waals surface area contributed by atoms with Crippen LogP contribution in [0.5, 0.6) is 0 Å². The Bertz CT molecular complexity index is 991. The third-order valence-corrected chi connectivity index (χ3v) is 6.71. The van der Waals surface area contributed by atoms with Crippen LogP contribution in [0.2, 0.25) is 0 Å². The lowest BCUT2D eigenvalue weighted by molar-refractivity contribution is -0.151. The van der Waals surface area contributed by atoms with Crippen LogP contribution >= 0.6 is 0 Å². The molecule has 0 aliphatic heterocycles.